The molecular formula is C53H59N3O7. The number of benzene rings is 4. The number of fused-ring (bicyclic) bond motifs is 1. The molecule has 2 saturated carbocycles. The van der Waals surface area contributed by atoms with Gasteiger partial charge in [-0.3, -0.25) is 4.79 Å². The third kappa shape index (κ3) is 8.34. The van der Waals surface area contributed by atoms with Crippen LogP contribution in [-0.4, -0.2) is 66.3 Å². The van der Waals surface area contributed by atoms with E-state index in [1.54, 1.807) is 18.2 Å². The van der Waals surface area contributed by atoms with Crippen molar-refractivity contribution in [3.8, 4) is 45.4 Å². The van der Waals surface area contributed by atoms with Crippen LogP contribution in [0.3, 0.4) is 0 Å². The minimum atomic E-state index is -0.816. The van der Waals surface area contributed by atoms with Crippen molar-refractivity contribution in [3.63, 3.8) is 0 Å². The number of hydrogen-bond acceptors (Lipinski definition) is 9. The van der Waals surface area contributed by atoms with E-state index in [-0.39, 0.29) is 63.6 Å². The van der Waals surface area contributed by atoms with Crippen LogP contribution in [0.5, 0.6) is 23.0 Å². The number of anilines is 1. The van der Waals surface area contributed by atoms with Crippen molar-refractivity contribution in [2.45, 2.75) is 82.7 Å². The summed E-state index contributed by atoms with van der Waals surface area (Å²) in [5.74, 6) is 1.48. The van der Waals surface area contributed by atoms with Crippen LogP contribution in [0.1, 0.15) is 80.7 Å². The summed E-state index contributed by atoms with van der Waals surface area (Å²) in [6, 6.07) is 28.6. The lowest BCUT2D eigenvalue weighted by Crippen LogP contribution is -2.44. The number of rotatable bonds is 14. The van der Waals surface area contributed by atoms with E-state index in [1.807, 2.05) is 36.4 Å². The summed E-state index contributed by atoms with van der Waals surface area (Å²) in [5, 5.41) is 36.4. The lowest BCUT2D eigenvalue weighted by atomic mass is 9.64. The second-order valence-electron chi connectivity index (χ2n) is 17.9. The zero-order valence-corrected chi connectivity index (χ0v) is 36.4. The summed E-state index contributed by atoms with van der Waals surface area (Å²) in [7, 11) is 1.44. The molecule has 9 rings (SSSR count). The quantitative estimate of drug-likeness (QED) is 0.0725. The second-order valence-corrected chi connectivity index (χ2v) is 17.9. The molecule has 1 spiro atoms. The fraction of sp³-hybridized carbons (Fsp3) is 0.377. The first-order chi connectivity index (χ1) is 30.7. The zero-order valence-electron chi connectivity index (χ0n) is 36.4. The molecule has 0 radical (unpaired) electrons. The highest BCUT2D eigenvalue weighted by molar-refractivity contribution is 5.93. The number of aliphatic hydroxyl groups excluding tert-OH is 1. The number of aliphatic hydroxyl groups is 1. The van der Waals surface area contributed by atoms with Gasteiger partial charge < -0.3 is 44.4 Å². The molecule has 2 unspecified atom stereocenters. The first-order valence-electron chi connectivity index (χ1n) is 22.7. The smallest absolute Gasteiger partial charge is 0.204 e. The Morgan fingerprint density at radius 1 is 0.857 bits per heavy atom. The molecule has 10 heteroatoms. The van der Waals surface area contributed by atoms with Crippen LogP contribution >= 0.6 is 0 Å². The van der Waals surface area contributed by atoms with Crippen LogP contribution in [0, 0.1) is 5.41 Å². The number of phenols is 2. The number of aromatic nitrogens is 1. The number of nitrogens with zero attached hydrogens (tertiary/aromatic N) is 1. The first kappa shape index (κ1) is 42.3. The van der Waals surface area contributed by atoms with Crippen LogP contribution in [0.4, 0.5) is 5.82 Å². The van der Waals surface area contributed by atoms with E-state index in [0.717, 1.165) is 42.9 Å². The van der Waals surface area contributed by atoms with Crippen LogP contribution in [-0.2, 0) is 18.3 Å². The summed E-state index contributed by atoms with van der Waals surface area (Å²) in [6.45, 7) is 6.31. The van der Waals surface area contributed by atoms with Crippen molar-refractivity contribution < 1.29 is 29.2 Å². The first-order valence-corrected chi connectivity index (χ1v) is 22.7. The molecule has 0 amide bonds. The van der Waals surface area contributed by atoms with Gasteiger partial charge in [-0.15, -0.1) is 0 Å². The van der Waals surface area contributed by atoms with Gasteiger partial charge in [0.15, 0.2) is 16.9 Å². The van der Waals surface area contributed by atoms with E-state index in [0.29, 0.717) is 29.4 Å². The van der Waals surface area contributed by atoms with Gasteiger partial charge in [0.2, 0.25) is 5.75 Å². The molecule has 6 aromatic rings. The van der Waals surface area contributed by atoms with Crippen molar-refractivity contribution in [2.75, 3.05) is 44.8 Å². The van der Waals surface area contributed by atoms with E-state index < -0.39 is 6.10 Å². The number of aromatic amines is 1. The van der Waals surface area contributed by atoms with E-state index in [2.05, 4.69) is 52.5 Å². The summed E-state index contributed by atoms with van der Waals surface area (Å²) in [6.07, 6.45) is 12.9. The third-order valence-electron chi connectivity index (χ3n) is 14.3. The molecule has 1 saturated heterocycles. The summed E-state index contributed by atoms with van der Waals surface area (Å²) >= 11 is 0. The maximum Gasteiger partial charge on any atom is 0.204 e. The van der Waals surface area contributed by atoms with Gasteiger partial charge in [-0.1, -0.05) is 92.9 Å². The topological polar surface area (TPSA) is 140 Å². The maximum absolute atomic E-state index is 14.2. The Balaban J connectivity index is 1.05. The number of H-pyrrole nitrogens is 1. The molecule has 5 N–H and O–H groups in total. The zero-order chi connectivity index (χ0) is 43.6. The predicted molar refractivity (Wildman–Crippen MR) is 250 cm³/mol. The number of phenolic OH excluding ortho intramolecular Hbond substituents is 2. The summed E-state index contributed by atoms with van der Waals surface area (Å²) < 4.78 is 18.6. The Hall–Kier alpha value is -5.97. The molecule has 3 heterocycles. The summed E-state index contributed by atoms with van der Waals surface area (Å²) in [4.78, 5) is 20.7. The molecule has 0 bridgehead atoms. The van der Waals surface area contributed by atoms with Gasteiger partial charge in [-0.05, 0) is 91.0 Å². The maximum atomic E-state index is 14.2. The van der Waals surface area contributed by atoms with E-state index in [1.165, 1.54) is 87.3 Å². The predicted octanol–water partition coefficient (Wildman–Crippen LogP) is 9.91. The Bertz CT molecular complexity index is 2630. The van der Waals surface area contributed by atoms with Gasteiger partial charge in [0.1, 0.15) is 28.3 Å². The molecule has 2 aromatic heterocycles. The average molecular weight is 850 g/mol. The monoisotopic (exact) mass is 849 g/mol. The second kappa shape index (κ2) is 18.0. The Kier molecular flexibility index (Phi) is 12.1. The number of methoxy groups -OCH3 is 1. The van der Waals surface area contributed by atoms with Crippen LogP contribution in [0.15, 0.2) is 106 Å². The van der Waals surface area contributed by atoms with E-state index in [4.69, 9.17) is 13.9 Å². The van der Waals surface area contributed by atoms with Crippen LogP contribution in [0.2, 0.25) is 0 Å². The van der Waals surface area contributed by atoms with Gasteiger partial charge >= 0.3 is 0 Å². The van der Waals surface area contributed by atoms with Crippen molar-refractivity contribution in [1.29, 1.82) is 0 Å². The molecule has 2 aliphatic carbocycles. The number of hydrogen-bond donors (Lipinski definition) is 5. The molecule has 2 atom stereocenters. The lowest BCUT2D eigenvalue weighted by Gasteiger charge is -2.41. The number of ether oxygens (including phenoxy) is 2. The molecule has 328 valence electrons. The van der Waals surface area contributed by atoms with Crippen molar-refractivity contribution in [2.24, 2.45) is 5.41 Å². The van der Waals surface area contributed by atoms with Gasteiger partial charge in [-0.2, -0.15) is 0 Å². The highest BCUT2D eigenvalue weighted by Crippen LogP contribution is 2.62. The molecule has 63 heavy (non-hydrogen) atoms. The molecule has 3 fully saturated rings. The largest absolute Gasteiger partial charge is 0.508 e. The molecular weight excluding hydrogens is 791 g/mol. The Morgan fingerprint density at radius 2 is 1.62 bits per heavy atom. The minimum absolute atomic E-state index is 0.0335. The van der Waals surface area contributed by atoms with Crippen molar-refractivity contribution >= 4 is 22.9 Å². The highest BCUT2D eigenvalue weighted by atomic mass is 16.5. The Labute approximate surface area is 369 Å². The third-order valence-corrected chi connectivity index (χ3v) is 14.3. The standard InChI is InChI=1S/C53H59N3O7/c1-52(23-9-26-53(52)24-6-7-25-53)45-33-42(51(55-45)56-29-27-54-28-30-56)38-13-8-12-36(32-38)15-21-41-47(60)50(61-2)49(62-31-22-40(58)18-14-35-10-4-3-5-11-35)46-43(59)34-44(63-48(41)46)37-16-19-39(57)20-17-37/h3-5,8,10-14,16-20,32-34,40,54-55,57-58,60H,6-7,9,15,21-31H2,1-2H3. The summed E-state index contributed by atoms with van der Waals surface area (Å²) in [5.41, 5.74) is 7.06. The lowest BCUT2D eigenvalue weighted by molar-refractivity contribution is 0.173. The minimum Gasteiger partial charge on any atom is -0.508 e. The number of aryl methyl sites for hydroxylation is 2. The van der Waals surface area contributed by atoms with Gasteiger partial charge in [0.05, 0.1) is 19.8 Å². The number of piperazine rings is 1. The van der Waals surface area contributed by atoms with Crippen molar-refractivity contribution in [3.05, 3.63) is 130 Å². The van der Waals surface area contributed by atoms with Crippen LogP contribution in [0.25, 0.3) is 39.5 Å². The number of aromatic hydroxyl groups is 2. The molecule has 1 aliphatic heterocycles. The fourth-order valence-electron chi connectivity index (χ4n) is 10.7. The normalized spacial score (nSPS) is 19.1. The molecule has 4 aromatic carbocycles. The van der Waals surface area contributed by atoms with E-state index in [9.17, 15) is 20.1 Å². The Morgan fingerprint density at radius 3 is 2.38 bits per heavy atom. The van der Waals surface area contributed by atoms with Gasteiger partial charge in [0, 0.05) is 66.5 Å². The van der Waals surface area contributed by atoms with Crippen LogP contribution < -0.4 is 25.1 Å². The van der Waals surface area contributed by atoms with Crippen molar-refractivity contribution in [1.82, 2.24) is 10.3 Å². The highest BCUT2D eigenvalue weighted by Gasteiger charge is 2.54. The molecule has 3 aliphatic rings. The van der Waals surface area contributed by atoms with E-state index >= 15 is 0 Å². The van der Waals surface area contributed by atoms with Gasteiger partial charge in [-0.25, -0.2) is 0 Å². The SMILES string of the molecule is COc1c(O)c(CCc2cccc(-c3cc(C4(C)CCCC45CCCC5)[nH]c3N3CCNCC3)c2)c2oc(-c3ccc(O)cc3)cc(=O)c2c1OCCC(O)C=Cc1ccccc1. The average Bonchev–Trinajstić information content (AvgIpc) is 4.06. The number of nitrogens with one attached hydrogen (secondary N) is 2. The van der Waals surface area contributed by atoms with Gasteiger partial charge in [0.25, 0.3) is 0 Å². The fourth-order valence-corrected chi connectivity index (χ4v) is 10.7. The molecule has 10 nitrogen and oxygen atoms in total.